The molecule has 0 aromatic heterocycles. The minimum atomic E-state index is -0.809. The molecule has 0 spiro atoms. The van der Waals surface area contributed by atoms with E-state index in [1.807, 2.05) is 0 Å². The summed E-state index contributed by atoms with van der Waals surface area (Å²) in [5, 5.41) is 0. The van der Waals surface area contributed by atoms with Crippen LogP contribution >= 0.6 is 0 Å². The van der Waals surface area contributed by atoms with Crippen molar-refractivity contribution in [1.82, 2.24) is 0 Å². The van der Waals surface area contributed by atoms with E-state index in [2.05, 4.69) is 130 Å². The summed E-state index contributed by atoms with van der Waals surface area (Å²) in [6.07, 6.45) is 76.4. The third-order valence-electron chi connectivity index (χ3n) is 11.7. The molecule has 0 aliphatic heterocycles. The zero-order valence-electron chi connectivity index (χ0n) is 44.8. The molecule has 0 aliphatic rings. The molecular formula is C63H104O6. The van der Waals surface area contributed by atoms with Gasteiger partial charge in [0.05, 0.1) is 0 Å². The molecule has 1 atom stereocenters. The molecule has 0 saturated carbocycles. The van der Waals surface area contributed by atoms with Gasteiger partial charge in [0.25, 0.3) is 0 Å². The van der Waals surface area contributed by atoms with Gasteiger partial charge in [-0.25, -0.2) is 0 Å². The number of carbonyl (C=O) groups is 3. The van der Waals surface area contributed by atoms with E-state index < -0.39 is 6.10 Å². The summed E-state index contributed by atoms with van der Waals surface area (Å²) >= 11 is 0. The van der Waals surface area contributed by atoms with E-state index in [9.17, 15) is 14.4 Å². The van der Waals surface area contributed by atoms with Crippen LogP contribution in [0.1, 0.15) is 252 Å². The third-order valence-corrected chi connectivity index (χ3v) is 11.7. The number of carbonyl (C=O) groups excluding carboxylic acids is 3. The minimum Gasteiger partial charge on any atom is -0.462 e. The number of ether oxygens (including phenoxy) is 3. The van der Waals surface area contributed by atoms with E-state index in [0.29, 0.717) is 19.3 Å². The fourth-order valence-electron chi connectivity index (χ4n) is 7.47. The van der Waals surface area contributed by atoms with Gasteiger partial charge < -0.3 is 14.2 Å². The normalized spacial score (nSPS) is 12.9. The molecule has 0 N–H and O–H groups in total. The predicted molar refractivity (Wildman–Crippen MR) is 297 cm³/mol. The zero-order chi connectivity index (χ0) is 50.0. The highest BCUT2D eigenvalue weighted by atomic mass is 16.6. The van der Waals surface area contributed by atoms with Gasteiger partial charge in [0.2, 0.25) is 0 Å². The monoisotopic (exact) mass is 957 g/mol. The summed E-state index contributed by atoms with van der Waals surface area (Å²) in [6, 6.07) is 0. The maximum absolute atomic E-state index is 12.9. The molecule has 0 saturated heterocycles. The Morgan fingerprint density at radius 2 is 0.565 bits per heavy atom. The third kappa shape index (κ3) is 54.9. The quantitative estimate of drug-likeness (QED) is 0.0262. The Balaban J connectivity index is 4.49. The van der Waals surface area contributed by atoms with Gasteiger partial charge in [0.1, 0.15) is 13.2 Å². The lowest BCUT2D eigenvalue weighted by molar-refractivity contribution is -0.167. The summed E-state index contributed by atoms with van der Waals surface area (Å²) in [6.45, 7) is 6.41. The van der Waals surface area contributed by atoms with Gasteiger partial charge in [-0.05, 0) is 128 Å². The first-order valence-corrected chi connectivity index (χ1v) is 28.4. The highest BCUT2D eigenvalue weighted by Gasteiger charge is 2.19. The van der Waals surface area contributed by atoms with Gasteiger partial charge >= 0.3 is 17.9 Å². The largest absolute Gasteiger partial charge is 0.462 e. The number of unbranched alkanes of at least 4 members (excludes halogenated alkanes) is 21. The number of esters is 3. The second-order valence-corrected chi connectivity index (χ2v) is 18.5. The van der Waals surface area contributed by atoms with Crippen LogP contribution in [-0.2, 0) is 28.6 Å². The minimum absolute atomic E-state index is 0.106. The van der Waals surface area contributed by atoms with Crippen LogP contribution in [0.25, 0.3) is 0 Å². The Bertz CT molecular complexity index is 1420. The number of rotatable bonds is 50. The van der Waals surface area contributed by atoms with Gasteiger partial charge in [-0.2, -0.15) is 0 Å². The molecule has 6 nitrogen and oxygen atoms in total. The molecule has 69 heavy (non-hydrogen) atoms. The summed E-state index contributed by atoms with van der Waals surface area (Å²) < 4.78 is 16.8. The first-order chi connectivity index (χ1) is 34.0. The Morgan fingerprint density at radius 3 is 0.913 bits per heavy atom. The van der Waals surface area contributed by atoms with Crippen LogP contribution in [0.3, 0.4) is 0 Å². The van der Waals surface area contributed by atoms with Crippen molar-refractivity contribution in [2.45, 2.75) is 258 Å². The first kappa shape index (κ1) is 65.1. The van der Waals surface area contributed by atoms with Crippen LogP contribution in [0.5, 0.6) is 0 Å². The molecule has 392 valence electrons. The Labute approximate surface area is 425 Å². The Kier molecular flexibility index (Phi) is 53.4. The van der Waals surface area contributed by atoms with E-state index in [0.717, 1.165) is 116 Å². The maximum atomic E-state index is 12.9. The van der Waals surface area contributed by atoms with E-state index in [1.165, 1.54) is 96.3 Å². The molecule has 0 amide bonds. The van der Waals surface area contributed by atoms with Crippen LogP contribution < -0.4 is 0 Å². The molecule has 0 aromatic carbocycles. The van der Waals surface area contributed by atoms with Gasteiger partial charge in [-0.3, -0.25) is 14.4 Å². The molecule has 0 rings (SSSR count). The zero-order valence-corrected chi connectivity index (χ0v) is 44.8. The average molecular weight is 958 g/mol. The van der Waals surface area contributed by atoms with E-state index in [-0.39, 0.29) is 31.1 Å². The number of allylic oxidation sites excluding steroid dienone is 18. The van der Waals surface area contributed by atoms with Gasteiger partial charge in [0.15, 0.2) is 6.10 Å². The fourth-order valence-corrected chi connectivity index (χ4v) is 7.47. The predicted octanol–water partition coefficient (Wildman–Crippen LogP) is 19.1. The van der Waals surface area contributed by atoms with Crippen LogP contribution in [0.4, 0.5) is 0 Å². The topological polar surface area (TPSA) is 78.9 Å². The van der Waals surface area contributed by atoms with Gasteiger partial charge in [-0.15, -0.1) is 0 Å². The number of hydrogen-bond donors (Lipinski definition) is 0. The van der Waals surface area contributed by atoms with Crippen LogP contribution in [0, 0.1) is 0 Å². The Hall–Kier alpha value is -3.93. The summed E-state index contributed by atoms with van der Waals surface area (Å²) in [5.74, 6) is -0.973. The van der Waals surface area contributed by atoms with Crippen molar-refractivity contribution in [3.8, 4) is 0 Å². The smallest absolute Gasteiger partial charge is 0.306 e. The molecule has 0 heterocycles. The standard InChI is InChI=1S/C63H104O6/c1-4-7-10-13-16-19-22-25-28-30-31-33-36-39-42-45-48-51-54-57-63(66)69-60(58-67-61(64)55-52-49-46-43-40-37-34-27-24-21-18-15-12-9-6-3)59-68-62(65)56-53-50-47-44-41-38-35-32-29-26-23-20-17-14-11-8-5-2/h9,12,16-21,25-29,34-35,38,40,43,60H,4-8,10-11,13-15,22-24,30-33,36-37,39,41-42,44-59H2,1-3H3/b12-9-,19-16-,20-17-,21-18-,28-25-,29-26-,34-27-,38-35-,43-40-/t60-/m1/s1. The Morgan fingerprint density at radius 1 is 0.304 bits per heavy atom. The van der Waals surface area contributed by atoms with Crippen LogP contribution in [-0.4, -0.2) is 37.2 Å². The van der Waals surface area contributed by atoms with Crippen molar-refractivity contribution in [2.24, 2.45) is 0 Å². The lowest BCUT2D eigenvalue weighted by Crippen LogP contribution is -2.30. The highest BCUT2D eigenvalue weighted by Crippen LogP contribution is 2.14. The second kappa shape index (κ2) is 56.7. The van der Waals surface area contributed by atoms with Crippen molar-refractivity contribution in [3.63, 3.8) is 0 Å². The van der Waals surface area contributed by atoms with Crippen LogP contribution in [0.15, 0.2) is 109 Å². The van der Waals surface area contributed by atoms with Crippen LogP contribution in [0.2, 0.25) is 0 Å². The maximum Gasteiger partial charge on any atom is 0.306 e. The van der Waals surface area contributed by atoms with E-state index >= 15 is 0 Å². The summed E-state index contributed by atoms with van der Waals surface area (Å²) in [5.41, 5.74) is 0. The molecule has 0 unspecified atom stereocenters. The molecule has 0 fully saturated rings. The van der Waals surface area contributed by atoms with E-state index in [4.69, 9.17) is 14.2 Å². The molecule has 0 aromatic rings. The number of hydrogen-bond acceptors (Lipinski definition) is 6. The molecular weight excluding hydrogens is 853 g/mol. The fraction of sp³-hybridized carbons (Fsp3) is 0.667. The second-order valence-electron chi connectivity index (χ2n) is 18.5. The summed E-state index contributed by atoms with van der Waals surface area (Å²) in [7, 11) is 0. The van der Waals surface area contributed by atoms with Crippen molar-refractivity contribution in [1.29, 1.82) is 0 Å². The van der Waals surface area contributed by atoms with Crippen molar-refractivity contribution in [3.05, 3.63) is 109 Å². The van der Waals surface area contributed by atoms with Crippen molar-refractivity contribution >= 4 is 17.9 Å². The molecule has 6 heteroatoms. The summed E-state index contributed by atoms with van der Waals surface area (Å²) in [4.78, 5) is 38.1. The average Bonchev–Trinajstić information content (AvgIpc) is 3.35. The molecule has 0 aliphatic carbocycles. The first-order valence-electron chi connectivity index (χ1n) is 28.4. The molecule has 0 radical (unpaired) electrons. The highest BCUT2D eigenvalue weighted by molar-refractivity contribution is 5.71. The lowest BCUT2D eigenvalue weighted by atomic mass is 10.1. The van der Waals surface area contributed by atoms with Gasteiger partial charge in [0, 0.05) is 19.3 Å². The van der Waals surface area contributed by atoms with Crippen molar-refractivity contribution in [2.75, 3.05) is 13.2 Å². The lowest BCUT2D eigenvalue weighted by Gasteiger charge is -2.18. The SMILES string of the molecule is CC/C=C\C/C=C\C/C=C\C/C=C\CCCCC(=O)OC[C@H](COC(=O)CCCCCC/C=C\C/C=C\C/C=C\CCCCC)OC(=O)CCCCCCCCCCC/C=C\C/C=C\CCCCC. The molecule has 0 bridgehead atoms. The van der Waals surface area contributed by atoms with Crippen molar-refractivity contribution < 1.29 is 28.6 Å². The van der Waals surface area contributed by atoms with E-state index in [1.54, 1.807) is 0 Å². The van der Waals surface area contributed by atoms with Gasteiger partial charge in [-0.1, -0.05) is 214 Å².